The van der Waals surface area contributed by atoms with Crippen LogP contribution in [0.5, 0.6) is 0 Å². The molecule has 10 heteroatoms. The highest BCUT2D eigenvalue weighted by Gasteiger charge is 2.22. The number of furan rings is 1. The lowest BCUT2D eigenvalue weighted by Gasteiger charge is -2.11. The van der Waals surface area contributed by atoms with Crippen LogP contribution < -0.4 is 5.32 Å². The molecule has 1 N–H and O–H groups in total. The van der Waals surface area contributed by atoms with Gasteiger partial charge in [0.2, 0.25) is 0 Å². The Morgan fingerprint density at radius 3 is 2.53 bits per heavy atom. The van der Waals surface area contributed by atoms with Crippen LogP contribution in [0.15, 0.2) is 65.3 Å². The third-order valence-electron chi connectivity index (χ3n) is 4.07. The van der Waals surface area contributed by atoms with Crippen LogP contribution in [0.4, 0.5) is 18.9 Å². The Balaban J connectivity index is 1.77. The minimum Gasteiger partial charge on any atom is -0.465 e. The van der Waals surface area contributed by atoms with Crippen molar-refractivity contribution in [2.24, 2.45) is 0 Å². The van der Waals surface area contributed by atoms with Gasteiger partial charge in [0.15, 0.2) is 23.3 Å². The summed E-state index contributed by atoms with van der Waals surface area (Å²) in [4.78, 5) is 12.9. The molecule has 7 nitrogen and oxygen atoms in total. The number of benzene rings is 2. The van der Waals surface area contributed by atoms with Crippen LogP contribution >= 0.6 is 0 Å². The standard InChI is InChI=1S/C20H12F3N5O2/c21-14-8-9-15(18(23)17(14)22)24-20(29)16(11-13-7-4-10-30-13)28-19(25-26-27-28)12-5-2-1-3-6-12/h1-11H,(H,24,29)/b16-11-. The summed E-state index contributed by atoms with van der Waals surface area (Å²) in [6, 6.07) is 13.6. The zero-order valence-corrected chi connectivity index (χ0v) is 15.1. The highest BCUT2D eigenvalue weighted by atomic mass is 19.2. The number of hydrogen-bond acceptors (Lipinski definition) is 5. The van der Waals surface area contributed by atoms with Crippen LogP contribution in [-0.2, 0) is 4.79 Å². The van der Waals surface area contributed by atoms with E-state index in [9.17, 15) is 18.0 Å². The van der Waals surface area contributed by atoms with Gasteiger partial charge >= 0.3 is 0 Å². The summed E-state index contributed by atoms with van der Waals surface area (Å²) in [6.07, 6.45) is 2.73. The summed E-state index contributed by atoms with van der Waals surface area (Å²) in [5.74, 6) is -4.95. The summed E-state index contributed by atoms with van der Waals surface area (Å²) < 4.78 is 47.1. The molecule has 0 aliphatic heterocycles. The number of hydrogen-bond donors (Lipinski definition) is 1. The summed E-state index contributed by atoms with van der Waals surface area (Å²) in [7, 11) is 0. The van der Waals surface area contributed by atoms with Crippen LogP contribution in [0.2, 0.25) is 0 Å². The number of rotatable bonds is 5. The first-order valence-electron chi connectivity index (χ1n) is 8.59. The second kappa shape index (κ2) is 8.03. The molecule has 4 aromatic rings. The average molecular weight is 411 g/mol. The lowest BCUT2D eigenvalue weighted by Crippen LogP contribution is -2.20. The van der Waals surface area contributed by atoms with Gasteiger partial charge in [0.25, 0.3) is 5.91 Å². The SMILES string of the molecule is O=C(Nc1ccc(F)c(F)c1F)/C(=C/c1ccco1)n1nnnc1-c1ccccc1. The van der Waals surface area contributed by atoms with Gasteiger partial charge in [-0.15, -0.1) is 5.10 Å². The van der Waals surface area contributed by atoms with Crippen molar-refractivity contribution in [3.05, 3.63) is 84.1 Å². The molecule has 2 aromatic heterocycles. The molecule has 4 rings (SSSR count). The molecule has 0 unspecified atom stereocenters. The molecule has 1 amide bonds. The minimum absolute atomic E-state index is 0.141. The van der Waals surface area contributed by atoms with Crippen molar-refractivity contribution in [3.63, 3.8) is 0 Å². The number of nitrogens with one attached hydrogen (secondary N) is 1. The maximum atomic E-state index is 14.0. The molecule has 0 spiro atoms. The highest BCUT2D eigenvalue weighted by Crippen LogP contribution is 2.24. The van der Waals surface area contributed by atoms with Gasteiger partial charge in [-0.05, 0) is 34.7 Å². The van der Waals surface area contributed by atoms with Crippen LogP contribution in [0.1, 0.15) is 5.76 Å². The fraction of sp³-hybridized carbons (Fsp3) is 0. The first-order chi connectivity index (χ1) is 14.5. The van der Waals surface area contributed by atoms with Gasteiger partial charge in [0.1, 0.15) is 11.5 Å². The number of halogens is 3. The van der Waals surface area contributed by atoms with E-state index in [0.717, 1.165) is 10.7 Å². The predicted octanol–water partition coefficient (Wildman–Crippen LogP) is 3.99. The largest absolute Gasteiger partial charge is 0.465 e. The number of carbonyl (C=O) groups is 1. The number of amides is 1. The van der Waals surface area contributed by atoms with E-state index in [4.69, 9.17) is 4.42 Å². The van der Waals surface area contributed by atoms with Gasteiger partial charge in [0.05, 0.1) is 12.0 Å². The van der Waals surface area contributed by atoms with Crippen molar-refractivity contribution >= 4 is 23.4 Å². The van der Waals surface area contributed by atoms with E-state index >= 15 is 0 Å². The van der Waals surface area contributed by atoms with Crippen molar-refractivity contribution in [3.8, 4) is 11.4 Å². The van der Waals surface area contributed by atoms with Gasteiger partial charge in [-0.25, -0.2) is 13.2 Å². The molecule has 0 saturated heterocycles. The van der Waals surface area contributed by atoms with E-state index in [-0.39, 0.29) is 11.5 Å². The van der Waals surface area contributed by atoms with Gasteiger partial charge < -0.3 is 9.73 Å². The van der Waals surface area contributed by atoms with E-state index in [0.29, 0.717) is 17.4 Å². The zero-order chi connectivity index (χ0) is 21.1. The summed E-state index contributed by atoms with van der Waals surface area (Å²) in [6.45, 7) is 0. The number of aromatic nitrogens is 4. The molecule has 0 atom stereocenters. The van der Waals surface area contributed by atoms with E-state index < -0.39 is 29.0 Å². The van der Waals surface area contributed by atoms with Crippen molar-refractivity contribution < 1.29 is 22.4 Å². The average Bonchev–Trinajstić information content (AvgIpc) is 3.45. The third kappa shape index (κ3) is 3.70. The third-order valence-corrected chi connectivity index (χ3v) is 4.07. The number of nitrogens with zero attached hydrogens (tertiary/aromatic N) is 4. The molecule has 0 aliphatic rings. The Kier molecular flexibility index (Phi) is 5.12. The Bertz CT molecular complexity index is 1220. The Labute approximate surface area is 167 Å². The van der Waals surface area contributed by atoms with Crippen molar-refractivity contribution in [2.45, 2.75) is 0 Å². The minimum atomic E-state index is -1.70. The van der Waals surface area contributed by atoms with E-state index in [1.54, 1.807) is 42.5 Å². The van der Waals surface area contributed by atoms with E-state index in [1.165, 1.54) is 12.3 Å². The topological polar surface area (TPSA) is 85.8 Å². The lowest BCUT2D eigenvalue weighted by molar-refractivity contribution is -0.111. The molecule has 0 bridgehead atoms. The molecule has 150 valence electrons. The zero-order valence-electron chi connectivity index (χ0n) is 15.1. The monoisotopic (exact) mass is 411 g/mol. The molecule has 0 radical (unpaired) electrons. The molecule has 0 saturated carbocycles. The first kappa shape index (κ1) is 19.1. The van der Waals surface area contributed by atoms with Gasteiger partial charge in [0, 0.05) is 11.6 Å². The normalized spacial score (nSPS) is 11.5. The first-order valence-corrected chi connectivity index (χ1v) is 8.59. The molecule has 2 heterocycles. The van der Waals surface area contributed by atoms with Crippen LogP contribution in [0.3, 0.4) is 0 Å². The lowest BCUT2D eigenvalue weighted by atomic mass is 10.2. The predicted molar refractivity (Wildman–Crippen MR) is 101 cm³/mol. The fourth-order valence-electron chi connectivity index (χ4n) is 2.66. The highest BCUT2D eigenvalue weighted by molar-refractivity contribution is 6.24. The van der Waals surface area contributed by atoms with Crippen LogP contribution in [-0.4, -0.2) is 26.1 Å². The van der Waals surface area contributed by atoms with Crippen LogP contribution in [0, 0.1) is 17.5 Å². The number of tetrazole rings is 1. The molecule has 30 heavy (non-hydrogen) atoms. The summed E-state index contributed by atoms with van der Waals surface area (Å²) in [5, 5.41) is 13.6. The maximum absolute atomic E-state index is 14.0. The molecule has 2 aromatic carbocycles. The van der Waals surface area contributed by atoms with Gasteiger partial charge in [-0.3, -0.25) is 4.79 Å². The Morgan fingerprint density at radius 1 is 1.00 bits per heavy atom. The summed E-state index contributed by atoms with van der Waals surface area (Å²) >= 11 is 0. The molecular weight excluding hydrogens is 399 g/mol. The van der Waals surface area contributed by atoms with Crippen molar-refractivity contribution in [1.82, 2.24) is 20.2 Å². The molecule has 0 aliphatic carbocycles. The second-order valence-electron chi connectivity index (χ2n) is 6.00. The maximum Gasteiger partial charge on any atom is 0.274 e. The second-order valence-corrected chi connectivity index (χ2v) is 6.00. The van der Waals surface area contributed by atoms with E-state index in [1.807, 2.05) is 0 Å². The van der Waals surface area contributed by atoms with E-state index in [2.05, 4.69) is 20.8 Å². The summed E-state index contributed by atoms with van der Waals surface area (Å²) in [5.41, 5.74) is -0.0730. The Hall–Kier alpha value is -4.21. The Morgan fingerprint density at radius 2 is 1.80 bits per heavy atom. The number of anilines is 1. The molecule has 0 fully saturated rings. The van der Waals surface area contributed by atoms with Gasteiger partial charge in [-0.1, -0.05) is 30.3 Å². The van der Waals surface area contributed by atoms with Crippen molar-refractivity contribution in [1.29, 1.82) is 0 Å². The smallest absolute Gasteiger partial charge is 0.274 e. The van der Waals surface area contributed by atoms with Gasteiger partial charge in [-0.2, -0.15) is 4.68 Å². The van der Waals surface area contributed by atoms with Crippen molar-refractivity contribution in [2.75, 3.05) is 5.32 Å². The number of carbonyl (C=O) groups excluding carboxylic acids is 1. The fourth-order valence-corrected chi connectivity index (χ4v) is 2.66. The molecular formula is C20H12F3N5O2. The van der Waals surface area contributed by atoms with Crippen LogP contribution in [0.25, 0.3) is 23.2 Å². The quantitative estimate of drug-likeness (QED) is 0.397.